The molecule has 1 aromatic carbocycles. The number of hydrogen-bond acceptors (Lipinski definition) is 3. The number of nitriles is 1. The van der Waals surface area contributed by atoms with E-state index in [9.17, 15) is 0 Å². The zero-order chi connectivity index (χ0) is 17.7. The number of hydrogen-bond donors (Lipinski definition) is 1. The lowest BCUT2D eigenvalue weighted by atomic mass is 10.0. The molecule has 0 heterocycles. The van der Waals surface area contributed by atoms with Crippen LogP contribution in [0.25, 0.3) is 6.08 Å². The molecule has 3 heteroatoms. The summed E-state index contributed by atoms with van der Waals surface area (Å²) in [6, 6.07) is 8.16. The lowest BCUT2D eigenvalue weighted by molar-refractivity contribution is 0.304. The predicted octanol–water partition coefficient (Wildman–Crippen LogP) is 5.72. The first-order valence-corrected chi connectivity index (χ1v) is 9.29. The van der Waals surface area contributed by atoms with Gasteiger partial charge in [0.25, 0.3) is 0 Å². The van der Waals surface area contributed by atoms with Crippen molar-refractivity contribution in [2.45, 2.75) is 51.9 Å². The maximum Gasteiger partial charge on any atom is 0.181 e. The molecule has 1 N–H and O–H groups in total. The Bertz CT molecular complexity index is 648. The van der Waals surface area contributed by atoms with Gasteiger partial charge in [0.1, 0.15) is 5.75 Å². The third-order valence-electron chi connectivity index (χ3n) is 4.26. The lowest BCUT2D eigenvalue weighted by Crippen LogP contribution is -2.09. The first-order valence-electron chi connectivity index (χ1n) is 9.29. The van der Waals surface area contributed by atoms with E-state index in [1.807, 2.05) is 30.5 Å². The smallest absolute Gasteiger partial charge is 0.181 e. The molecule has 0 fully saturated rings. The zero-order valence-electron chi connectivity index (χ0n) is 15.1. The molecule has 1 aliphatic carbocycles. The quantitative estimate of drug-likeness (QED) is 0.337. The molecule has 2 rings (SSSR count). The Morgan fingerprint density at radius 1 is 1.12 bits per heavy atom. The minimum absolute atomic E-state index is 0.788. The molecule has 0 radical (unpaired) electrons. The van der Waals surface area contributed by atoms with Crippen LogP contribution in [0.3, 0.4) is 0 Å². The standard InChI is InChI=1S/C22H28N2O/c1-2-3-4-5-6-9-16-25-21-14-12-19(13-15-21)17-20-10-7-8-11-22(20)24-18-23/h7-8,11-15,17,24H,2-6,9-10,16H2,1H3. The minimum atomic E-state index is 0.788. The van der Waals surface area contributed by atoms with E-state index in [0.717, 1.165) is 42.0 Å². The summed E-state index contributed by atoms with van der Waals surface area (Å²) in [6.45, 7) is 3.03. The van der Waals surface area contributed by atoms with Gasteiger partial charge in [0, 0.05) is 0 Å². The molecule has 132 valence electrons. The fraction of sp³-hybridized carbons (Fsp3) is 0.409. The summed E-state index contributed by atoms with van der Waals surface area (Å²) in [5.41, 5.74) is 3.10. The highest BCUT2D eigenvalue weighted by Crippen LogP contribution is 2.22. The third kappa shape index (κ3) is 6.89. The van der Waals surface area contributed by atoms with Crippen molar-refractivity contribution in [1.82, 2.24) is 5.32 Å². The van der Waals surface area contributed by atoms with Gasteiger partial charge in [0.15, 0.2) is 6.19 Å². The molecule has 0 unspecified atom stereocenters. The topological polar surface area (TPSA) is 45.0 Å². The van der Waals surface area contributed by atoms with E-state index in [1.54, 1.807) is 0 Å². The summed E-state index contributed by atoms with van der Waals surface area (Å²) in [6.07, 6.45) is 18.6. The Morgan fingerprint density at radius 2 is 1.88 bits per heavy atom. The Balaban J connectivity index is 1.80. The van der Waals surface area contributed by atoms with Crippen molar-refractivity contribution in [1.29, 1.82) is 5.26 Å². The third-order valence-corrected chi connectivity index (χ3v) is 4.26. The zero-order valence-corrected chi connectivity index (χ0v) is 15.1. The van der Waals surface area contributed by atoms with Gasteiger partial charge in [0.05, 0.1) is 12.3 Å². The van der Waals surface area contributed by atoms with E-state index < -0.39 is 0 Å². The van der Waals surface area contributed by atoms with Crippen molar-refractivity contribution in [2.75, 3.05) is 6.61 Å². The van der Waals surface area contributed by atoms with E-state index in [4.69, 9.17) is 10.00 Å². The molecule has 3 nitrogen and oxygen atoms in total. The van der Waals surface area contributed by atoms with E-state index in [-0.39, 0.29) is 0 Å². The van der Waals surface area contributed by atoms with Crippen molar-refractivity contribution < 1.29 is 4.74 Å². The summed E-state index contributed by atoms with van der Waals surface area (Å²) in [5.74, 6) is 0.921. The largest absolute Gasteiger partial charge is 0.494 e. The molecule has 25 heavy (non-hydrogen) atoms. The van der Waals surface area contributed by atoms with Crippen LogP contribution in [0.4, 0.5) is 0 Å². The summed E-state index contributed by atoms with van der Waals surface area (Å²) in [7, 11) is 0. The molecule has 0 saturated heterocycles. The monoisotopic (exact) mass is 336 g/mol. The van der Waals surface area contributed by atoms with Gasteiger partial charge in [-0.1, -0.05) is 63.3 Å². The highest BCUT2D eigenvalue weighted by Gasteiger charge is 2.06. The predicted molar refractivity (Wildman–Crippen MR) is 104 cm³/mol. The van der Waals surface area contributed by atoms with Gasteiger partial charge in [0.2, 0.25) is 0 Å². The normalized spacial score (nSPS) is 14.9. The second kappa shape index (κ2) is 11.1. The Kier molecular flexibility index (Phi) is 8.41. The molecule has 0 saturated carbocycles. The van der Waals surface area contributed by atoms with Crippen LogP contribution in [-0.4, -0.2) is 6.61 Å². The SMILES string of the molecule is CCCCCCCCOc1ccc(C=C2CC=CC=C2NC#N)cc1. The molecule has 0 atom stereocenters. The van der Waals surface area contributed by atoms with Crippen molar-refractivity contribution in [3.05, 3.63) is 59.3 Å². The maximum absolute atomic E-state index is 8.83. The molecule has 0 bridgehead atoms. The fourth-order valence-corrected chi connectivity index (χ4v) is 2.83. The van der Waals surface area contributed by atoms with Crippen LogP contribution in [0.15, 0.2) is 53.8 Å². The summed E-state index contributed by atoms with van der Waals surface area (Å²) < 4.78 is 5.82. The average molecular weight is 336 g/mol. The Morgan fingerprint density at radius 3 is 2.64 bits per heavy atom. The first-order chi connectivity index (χ1) is 12.3. The Labute approximate surface area is 151 Å². The highest BCUT2D eigenvalue weighted by atomic mass is 16.5. The Hall–Kier alpha value is -2.47. The second-order valence-electron chi connectivity index (χ2n) is 6.30. The molecule has 0 spiro atoms. The van der Waals surface area contributed by atoms with Crippen LogP contribution in [0.5, 0.6) is 5.75 Å². The van der Waals surface area contributed by atoms with Crippen LogP contribution in [0.1, 0.15) is 57.4 Å². The van der Waals surface area contributed by atoms with Crippen LogP contribution in [0, 0.1) is 11.5 Å². The molecule has 0 amide bonds. The number of allylic oxidation sites excluding steroid dienone is 4. The van der Waals surface area contributed by atoms with Crippen LogP contribution >= 0.6 is 0 Å². The van der Waals surface area contributed by atoms with Crippen molar-refractivity contribution >= 4 is 6.08 Å². The van der Waals surface area contributed by atoms with Crippen LogP contribution in [0.2, 0.25) is 0 Å². The van der Waals surface area contributed by atoms with Gasteiger partial charge in [-0.3, -0.25) is 5.32 Å². The number of unbranched alkanes of at least 4 members (excludes halogenated alkanes) is 5. The van der Waals surface area contributed by atoms with E-state index in [0.29, 0.717) is 0 Å². The van der Waals surface area contributed by atoms with Gasteiger partial charge < -0.3 is 4.74 Å². The number of nitrogens with zero attached hydrogens (tertiary/aromatic N) is 1. The van der Waals surface area contributed by atoms with E-state index in [2.05, 4.69) is 36.5 Å². The van der Waals surface area contributed by atoms with Crippen molar-refractivity contribution in [3.8, 4) is 11.9 Å². The highest BCUT2D eigenvalue weighted by molar-refractivity contribution is 5.61. The summed E-state index contributed by atoms with van der Waals surface area (Å²) in [5, 5.41) is 11.6. The molecular weight excluding hydrogens is 308 g/mol. The van der Waals surface area contributed by atoms with Gasteiger partial charge in [-0.05, 0) is 48.3 Å². The summed E-state index contributed by atoms with van der Waals surface area (Å²) in [4.78, 5) is 0. The van der Waals surface area contributed by atoms with E-state index >= 15 is 0 Å². The summed E-state index contributed by atoms with van der Waals surface area (Å²) >= 11 is 0. The molecule has 1 aromatic rings. The molecule has 0 aromatic heterocycles. The minimum Gasteiger partial charge on any atom is -0.494 e. The molecular formula is C22H28N2O. The fourth-order valence-electron chi connectivity index (χ4n) is 2.83. The number of rotatable bonds is 10. The van der Waals surface area contributed by atoms with Crippen LogP contribution < -0.4 is 10.1 Å². The van der Waals surface area contributed by atoms with Gasteiger partial charge in [-0.15, -0.1) is 0 Å². The van der Waals surface area contributed by atoms with Gasteiger partial charge in [-0.25, -0.2) is 0 Å². The van der Waals surface area contributed by atoms with Crippen molar-refractivity contribution in [3.63, 3.8) is 0 Å². The second-order valence-corrected chi connectivity index (χ2v) is 6.30. The molecule has 0 aliphatic heterocycles. The van der Waals surface area contributed by atoms with Crippen molar-refractivity contribution in [2.24, 2.45) is 0 Å². The van der Waals surface area contributed by atoms with Gasteiger partial charge >= 0.3 is 0 Å². The lowest BCUT2D eigenvalue weighted by Gasteiger charge is -2.12. The maximum atomic E-state index is 8.83. The molecule has 1 aliphatic rings. The first kappa shape index (κ1) is 18.9. The van der Waals surface area contributed by atoms with Gasteiger partial charge in [-0.2, -0.15) is 5.26 Å². The number of benzene rings is 1. The van der Waals surface area contributed by atoms with Crippen LogP contribution in [-0.2, 0) is 0 Å². The number of nitrogens with one attached hydrogen (secondary N) is 1. The average Bonchev–Trinajstić information content (AvgIpc) is 2.64. The van der Waals surface area contributed by atoms with E-state index in [1.165, 1.54) is 32.1 Å². The number of ether oxygens (including phenoxy) is 1.